The first-order chi connectivity index (χ1) is 20.5. The van der Waals surface area contributed by atoms with Crippen molar-refractivity contribution in [3.63, 3.8) is 0 Å². The van der Waals surface area contributed by atoms with Crippen molar-refractivity contribution in [2.45, 2.75) is 44.8 Å². The molecule has 1 heterocycles. The highest BCUT2D eigenvalue weighted by atomic mass is 35.5. The lowest BCUT2D eigenvalue weighted by atomic mass is 9.99. The molecule has 0 aliphatic carbocycles. The number of halogens is 3. The van der Waals surface area contributed by atoms with Crippen molar-refractivity contribution >= 4 is 70.4 Å². The summed E-state index contributed by atoms with van der Waals surface area (Å²) >= 11 is 18.1. The molecule has 10 nitrogen and oxygen atoms in total. The van der Waals surface area contributed by atoms with E-state index in [0.717, 1.165) is 5.56 Å². The molecule has 3 aromatic rings. The summed E-state index contributed by atoms with van der Waals surface area (Å²) in [5.74, 6) is -0.269. The van der Waals surface area contributed by atoms with Crippen LogP contribution < -0.4 is 15.6 Å². The second-order valence-corrected chi connectivity index (χ2v) is 11.7. The van der Waals surface area contributed by atoms with E-state index in [1.807, 2.05) is 0 Å². The van der Waals surface area contributed by atoms with E-state index in [0.29, 0.717) is 44.3 Å². The average molecular weight is 646 g/mol. The van der Waals surface area contributed by atoms with E-state index in [2.05, 4.69) is 15.8 Å². The molecule has 3 N–H and O–H groups in total. The van der Waals surface area contributed by atoms with E-state index >= 15 is 0 Å². The summed E-state index contributed by atoms with van der Waals surface area (Å²) in [7, 11) is 0. The molecule has 1 aliphatic heterocycles. The molecule has 1 saturated heterocycles. The Labute approximate surface area is 264 Å². The quantitative estimate of drug-likeness (QED) is 0.0933. The molecule has 0 spiro atoms. The van der Waals surface area contributed by atoms with Crippen LogP contribution in [-0.2, 0) is 4.79 Å². The summed E-state index contributed by atoms with van der Waals surface area (Å²) in [6.45, 7) is 3.78. The molecular weight excluding hydrogens is 615 g/mol. The summed E-state index contributed by atoms with van der Waals surface area (Å²) < 4.78 is 0. The second kappa shape index (κ2) is 14.1. The maximum atomic E-state index is 13.8. The van der Waals surface area contributed by atoms with E-state index in [1.165, 1.54) is 11.1 Å². The monoisotopic (exact) mass is 644 g/mol. The fraction of sp³-hybridized carbons (Fsp3) is 0.267. The zero-order valence-electron chi connectivity index (χ0n) is 23.5. The standard InChI is InChI=1S/C30H31Cl3N6O4/c1-30(2)27(39(43)28(41)35-24-9-5-7-22(32)17-24)38(25-10-6-8-23(33)18-25)29(42)37(30)16-4-3-11-26(40)36-34-19-20-12-14-21(31)15-13-20/h5-10,12-15,17-19,27,43H,3-4,11,16H2,1-2H3,(H,35,41)(H,36,40)/b34-19+/t27-/m0/s1. The second-order valence-electron chi connectivity index (χ2n) is 10.4. The average Bonchev–Trinajstić information content (AvgIpc) is 3.16. The van der Waals surface area contributed by atoms with Crippen molar-refractivity contribution in [3.8, 4) is 0 Å². The number of hydrazone groups is 1. The number of hydrogen-bond donors (Lipinski definition) is 3. The first-order valence-corrected chi connectivity index (χ1v) is 14.6. The molecule has 226 valence electrons. The van der Waals surface area contributed by atoms with Crippen molar-refractivity contribution in [1.82, 2.24) is 15.4 Å². The Balaban J connectivity index is 1.43. The Kier molecular flexibility index (Phi) is 10.5. The molecule has 13 heteroatoms. The third kappa shape index (κ3) is 7.97. The van der Waals surface area contributed by atoms with E-state index in [-0.39, 0.29) is 18.9 Å². The Bertz CT molecular complexity index is 1500. The molecule has 5 amide bonds. The SMILES string of the molecule is CC1(C)[C@H](N(O)C(=O)Nc2cccc(Cl)c2)N(c2cccc(Cl)c2)C(=O)N1CCCCC(=O)N/N=C/c1ccc(Cl)cc1. The van der Waals surface area contributed by atoms with E-state index in [9.17, 15) is 19.6 Å². The zero-order chi connectivity index (χ0) is 31.1. The van der Waals surface area contributed by atoms with Gasteiger partial charge in [-0.3, -0.25) is 14.9 Å². The van der Waals surface area contributed by atoms with Gasteiger partial charge in [0.2, 0.25) is 5.91 Å². The Hall–Kier alpha value is -3.83. The van der Waals surface area contributed by atoms with E-state index < -0.39 is 23.8 Å². The molecule has 1 atom stereocenters. The largest absolute Gasteiger partial charge is 0.347 e. The van der Waals surface area contributed by atoms with Gasteiger partial charge >= 0.3 is 12.1 Å². The first kappa shape index (κ1) is 32.1. The molecule has 0 aromatic heterocycles. The summed E-state index contributed by atoms with van der Waals surface area (Å²) in [4.78, 5) is 42.2. The molecule has 0 unspecified atom stereocenters. The highest BCUT2D eigenvalue weighted by Gasteiger charge is 2.55. The molecule has 4 rings (SSSR count). The lowest BCUT2D eigenvalue weighted by Crippen LogP contribution is -2.58. The van der Waals surface area contributed by atoms with Crippen LogP contribution in [-0.4, -0.2) is 57.6 Å². The molecule has 1 aliphatic rings. The fourth-order valence-corrected chi connectivity index (χ4v) is 5.30. The minimum Gasteiger partial charge on any atom is -0.315 e. The number of anilines is 2. The zero-order valence-corrected chi connectivity index (χ0v) is 25.8. The number of carbonyl (C=O) groups excluding carboxylic acids is 3. The summed E-state index contributed by atoms with van der Waals surface area (Å²) in [6.07, 6.45) is 1.55. The lowest BCUT2D eigenvalue weighted by molar-refractivity contribution is -0.121. The highest BCUT2D eigenvalue weighted by molar-refractivity contribution is 6.31. The van der Waals surface area contributed by atoms with Crippen LogP contribution in [0.15, 0.2) is 77.9 Å². The van der Waals surface area contributed by atoms with Gasteiger partial charge in [0.05, 0.1) is 11.8 Å². The number of rotatable bonds is 10. The highest BCUT2D eigenvalue weighted by Crippen LogP contribution is 2.39. The molecule has 0 radical (unpaired) electrons. The van der Waals surface area contributed by atoms with Crippen LogP contribution in [0, 0.1) is 0 Å². The fourth-order valence-electron chi connectivity index (χ4n) is 4.80. The van der Waals surface area contributed by atoms with Crippen LogP contribution in [0.5, 0.6) is 0 Å². The van der Waals surface area contributed by atoms with Gasteiger partial charge in [-0.2, -0.15) is 10.2 Å². The first-order valence-electron chi connectivity index (χ1n) is 13.5. The molecule has 3 aromatic carbocycles. The van der Waals surface area contributed by atoms with Gasteiger partial charge in [-0.25, -0.2) is 15.0 Å². The third-order valence-electron chi connectivity index (χ3n) is 6.92. The Morgan fingerprint density at radius 3 is 2.33 bits per heavy atom. The van der Waals surface area contributed by atoms with Gasteiger partial charge in [-0.1, -0.05) is 59.1 Å². The van der Waals surface area contributed by atoms with E-state index in [1.54, 1.807) is 91.5 Å². The van der Waals surface area contributed by atoms with Gasteiger partial charge in [0, 0.05) is 39.4 Å². The van der Waals surface area contributed by atoms with Crippen LogP contribution in [0.25, 0.3) is 0 Å². The Morgan fingerprint density at radius 1 is 0.977 bits per heavy atom. The van der Waals surface area contributed by atoms with Crippen molar-refractivity contribution in [2.24, 2.45) is 5.10 Å². The third-order valence-corrected chi connectivity index (χ3v) is 7.64. The van der Waals surface area contributed by atoms with Gasteiger partial charge in [0.25, 0.3) is 0 Å². The van der Waals surface area contributed by atoms with Gasteiger partial charge in [-0.15, -0.1) is 0 Å². The Morgan fingerprint density at radius 2 is 1.65 bits per heavy atom. The molecule has 43 heavy (non-hydrogen) atoms. The number of unbranched alkanes of at least 4 members (excludes halogenated alkanes) is 1. The van der Waals surface area contributed by atoms with Crippen molar-refractivity contribution < 1.29 is 19.6 Å². The number of nitrogens with zero attached hydrogens (tertiary/aromatic N) is 4. The van der Waals surface area contributed by atoms with Crippen molar-refractivity contribution in [3.05, 3.63) is 93.4 Å². The van der Waals surface area contributed by atoms with Gasteiger partial charge in [0.1, 0.15) is 0 Å². The molecule has 1 fully saturated rings. The number of carbonyl (C=O) groups is 3. The number of hydroxylamine groups is 2. The van der Waals surface area contributed by atoms with E-state index in [4.69, 9.17) is 34.8 Å². The normalized spacial score (nSPS) is 16.0. The molecular formula is C30H31Cl3N6O4. The minimum atomic E-state index is -1.12. The van der Waals surface area contributed by atoms with Crippen LogP contribution in [0.2, 0.25) is 15.1 Å². The van der Waals surface area contributed by atoms with Gasteiger partial charge in [0.15, 0.2) is 6.17 Å². The maximum Gasteiger partial charge on any atom is 0.347 e. The van der Waals surface area contributed by atoms with Crippen LogP contribution in [0.4, 0.5) is 21.0 Å². The summed E-state index contributed by atoms with van der Waals surface area (Å²) in [6, 6.07) is 18.8. The summed E-state index contributed by atoms with van der Waals surface area (Å²) in [5, 5.41) is 19.7. The minimum absolute atomic E-state index is 0.190. The predicted molar refractivity (Wildman–Crippen MR) is 169 cm³/mol. The number of amides is 5. The van der Waals surface area contributed by atoms with Crippen molar-refractivity contribution in [2.75, 3.05) is 16.8 Å². The predicted octanol–water partition coefficient (Wildman–Crippen LogP) is 7.24. The topological polar surface area (TPSA) is 118 Å². The molecule has 0 bridgehead atoms. The maximum absolute atomic E-state index is 13.8. The van der Waals surface area contributed by atoms with Crippen LogP contribution in [0.3, 0.4) is 0 Å². The molecule has 0 saturated carbocycles. The number of benzene rings is 3. The van der Waals surface area contributed by atoms with Gasteiger partial charge in [-0.05, 0) is 80.8 Å². The number of urea groups is 2. The van der Waals surface area contributed by atoms with Crippen LogP contribution in [0.1, 0.15) is 38.7 Å². The number of hydrogen-bond acceptors (Lipinski definition) is 5. The smallest absolute Gasteiger partial charge is 0.315 e. The van der Waals surface area contributed by atoms with Crippen molar-refractivity contribution in [1.29, 1.82) is 0 Å². The van der Waals surface area contributed by atoms with Crippen LogP contribution >= 0.6 is 34.8 Å². The summed E-state index contributed by atoms with van der Waals surface area (Å²) in [5.41, 5.74) is 3.02. The lowest BCUT2D eigenvalue weighted by Gasteiger charge is -2.38. The van der Waals surface area contributed by atoms with Gasteiger partial charge < -0.3 is 10.2 Å². The number of nitrogens with one attached hydrogen (secondary N) is 2.